The summed E-state index contributed by atoms with van der Waals surface area (Å²) in [6.45, 7) is 4.91. The smallest absolute Gasteiger partial charge is 0.230 e. The van der Waals surface area contributed by atoms with Crippen molar-refractivity contribution in [3.8, 4) is 0 Å². The molecular weight excluding hydrogens is 294 g/mol. The van der Waals surface area contributed by atoms with Gasteiger partial charge in [-0.2, -0.15) is 0 Å². The molecule has 4 nitrogen and oxygen atoms in total. The largest absolute Gasteiger partial charge is 0.355 e. The number of carbonyl (C=O) groups is 1. The van der Waals surface area contributed by atoms with E-state index in [0.717, 1.165) is 24.4 Å². The molecule has 22 heavy (non-hydrogen) atoms. The van der Waals surface area contributed by atoms with Crippen LogP contribution in [-0.2, 0) is 17.0 Å². The van der Waals surface area contributed by atoms with Crippen molar-refractivity contribution in [3.05, 3.63) is 53.1 Å². The van der Waals surface area contributed by atoms with Gasteiger partial charge in [0.1, 0.15) is 5.82 Å². The number of aromatic nitrogens is 2. The zero-order chi connectivity index (χ0) is 15.8. The van der Waals surface area contributed by atoms with Crippen molar-refractivity contribution in [1.29, 1.82) is 0 Å². The first-order chi connectivity index (χ1) is 10.6. The Morgan fingerprint density at radius 2 is 2.05 bits per heavy atom. The highest BCUT2D eigenvalue weighted by Gasteiger charge is 2.03. The van der Waals surface area contributed by atoms with E-state index in [1.54, 1.807) is 18.0 Å². The Bertz CT molecular complexity index is 576. The molecule has 0 aliphatic carbocycles. The van der Waals surface area contributed by atoms with Gasteiger partial charge in [-0.1, -0.05) is 29.3 Å². The highest BCUT2D eigenvalue weighted by atomic mass is 32.2. The molecule has 0 aliphatic rings. The van der Waals surface area contributed by atoms with Gasteiger partial charge in [-0.25, -0.2) is 4.98 Å². The van der Waals surface area contributed by atoms with Crippen molar-refractivity contribution in [3.63, 3.8) is 0 Å². The second-order valence-corrected chi connectivity index (χ2v) is 6.46. The van der Waals surface area contributed by atoms with E-state index < -0.39 is 0 Å². The monoisotopic (exact) mass is 317 g/mol. The second-order valence-electron chi connectivity index (χ2n) is 5.48. The highest BCUT2D eigenvalue weighted by Crippen LogP contribution is 2.15. The standard InChI is InChI=1S/C17H23N3OS/c1-13-8-14(2)10-15(9-13)11-22-12-17(21)20-5-3-4-16-18-6-7-19-16/h6-10H,3-5,11-12H2,1-2H3,(H,18,19)(H,20,21). The van der Waals surface area contributed by atoms with Gasteiger partial charge in [-0.05, 0) is 25.8 Å². The number of hydrogen-bond acceptors (Lipinski definition) is 3. The Morgan fingerprint density at radius 3 is 2.73 bits per heavy atom. The number of nitrogens with zero attached hydrogens (tertiary/aromatic N) is 1. The maximum Gasteiger partial charge on any atom is 0.230 e. The van der Waals surface area contributed by atoms with Crippen LogP contribution < -0.4 is 5.32 Å². The number of benzene rings is 1. The molecule has 0 radical (unpaired) electrons. The molecule has 0 saturated carbocycles. The number of hydrogen-bond donors (Lipinski definition) is 2. The molecule has 2 rings (SSSR count). The van der Waals surface area contributed by atoms with Gasteiger partial charge < -0.3 is 10.3 Å². The molecular formula is C17H23N3OS. The minimum Gasteiger partial charge on any atom is -0.355 e. The van der Waals surface area contributed by atoms with Crippen molar-refractivity contribution in [1.82, 2.24) is 15.3 Å². The SMILES string of the molecule is Cc1cc(C)cc(CSCC(=O)NCCCc2ncc[nH]2)c1. The van der Waals surface area contributed by atoms with Gasteiger partial charge in [0.25, 0.3) is 0 Å². The number of aromatic amines is 1. The minimum absolute atomic E-state index is 0.105. The quantitative estimate of drug-likeness (QED) is 0.736. The Balaban J connectivity index is 1.59. The van der Waals surface area contributed by atoms with Crippen LogP contribution >= 0.6 is 11.8 Å². The number of thioether (sulfide) groups is 1. The molecule has 0 unspecified atom stereocenters. The molecule has 0 fully saturated rings. The van der Waals surface area contributed by atoms with E-state index in [4.69, 9.17) is 0 Å². The number of imidazole rings is 1. The summed E-state index contributed by atoms with van der Waals surface area (Å²) in [6, 6.07) is 6.53. The normalized spacial score (nSPS) is 10.6. The van der Waals surface area contributed by atoms with E-state index in [-0.39, 0.29) is 5.91 Å². The van der Waals surface area contributed by atoms with Crippen LogP contribution in [0.3, 0.4) is 0 Å². The lowest BCUT2D eigenvalue weighted by Crippen LogP contribution is -2.26. The third-order valence-corrected chi connectivity index (χ3v) is 4.25. The molecule has 0 aliphatic heterocycles. The Labute approximate surface area is 136 Å². The van der Waals surface area contributed by atoms with Crippen molar-refractivity contribution in [2.45, 2.75) is 32.4 Å². The molecule has 0 atom stereocenters. The Kier molecular flexibility index (Phi) is 6.52. The summed E-state index contributed by atoms with van der Waals surface area (Å²) < 4.78 is 0. The molecule has 0 spiro atoms. The summed E-state index contributed by atoms with van der Waals surface area (Å²) in [5.41, 5.74) is 3.84. The topological polar surface area (TPSA) is 57.8 Å². The van der Waals surface area contributed by atoms with E-state index in [9.17, 15) is 4.79 Å². The minimum atomic E-state index is 0.105. The third kappa shape index (κ3) is 5.93. The summed E-state index contributed by atoms with van der Waals surface area (Å²) in [5, 5.41) is 2.95. The lowest BCUT2D eigenvalue weighted by molar-refractivity contribution is -0.118. The van der Waals surface area contributed by atoms with Gasteiger partial charge in [0.15, 0.2) is 0 Å². The van der Waals surface area contributed by atoms with Gasteiger partial charge in [0.05, 0.1) is 5.75 Å². The first-order valence-electron chi connectivity index (χ1n) is 7.53. The zero-order valence-corrected chi connectivity index (χ0v) is 14.0. The van der Waals surface area contributed by atoms with Crippen molar-refractivity contribution >= 4 is 17.7 Å². The lowest BCUT2D eigenvalue weighted by atomic mass is 10.1. The molecule has 2 aromatic rings. The van der Waals surface area contributed by atoms with E-state index in [1.165, 1.54) is 16.7 Å². The summed E-state index contributed by atoms with van der Waals surface area (Å²) >= 11 is 1.66. The zero-order valence-electron chi connectivity index (χ0n) is 13.2. The summed E-state index contributed by atoms with van der Waals surface area (Å²) in [6.07, 6.45) is 5.33. The first-order valence-corrected chi connectivity index (χ1v) is 8.69. The number of aryl methyl sites for hydroxylation is 3. The number of amides is 1. The van der Waals surface area contributed by atoms with Gasteiger partial charge in [-0.3, -0.25) is 4.79 Å². The van der Waals surface area contributed by atoms with Crippen LogP contribution in [0.2, 0.25) is 0 Å². The molecule has 1 heterocycles. The van der Waals surface area contributed by atoms with E-state index >= 15 is 0 Å². The van der Waals surface area contributed by atoms with Crippen molar-refractivity contribution in [2.75, 3.05) is 12.3 Å². The molecule has 0 saturated heterocycles. The summed E-state index contributed by atoms with van der Waals surface area (Å²) in [5.74, 6) is 2.46. The molecule has 1 amide bonds. The molecule has 0 bridgehead atoms. The summed E-state index contributed by atoms with van der Waals surface area (Å²) in [7, 11) is 0. The van der Waals surface area contributed by atoms with Crippen molar-refractivity contribution < 1.29 is 4.79 Å². The fraction of sp³-hybridized carbons (Fsp3) is 0.412. The van der Waals surface area contributed by atoms with Crippen LogP contribution in [-0.4, -0.2) is 28.2 Å². The van der Waals surface area contributed by atoms with Crippen LogP contribution in [0.5, 0.6) is 0 Å². The maximum absolute atomic E-state index is 11.8. The Morgan fingerprint density at radius 1 is 1.27 bits per heavy atom. The Hall–Kier alpha value is -1.75. The molecule has 5 heteroatoms. The van der Waals surface area contributed by atoms with Crippen LogP contribution in [0.4, 0.5) is 0 Å². The molecule has 1 aromatic carbocycles. The van der Waals surface area contributed by atoms with Gasteiger partial charge in [0.2, 0.25) is 5.91 Å². The maximum atomic E-state index is 11.8. The number of nitrogens with one attached hydrogen (secondary N) is 2. The average molecular weight is 317 g/mol. The third-order valence-electron chi connectivity index (χ3n) is 3.25. The fourth-order valence-corrected chi connectivity index (χ4v) is 3.18. The van der Waals surface area contributed by atoms with Crippen LogP contribution in [0, 0.1) is 13.8 Å². The summed E-state index contributed by atoms with van der Waals surface area (Å²) in [4.78, 5) is 19.0. The lowest BCUT2D eigenvalue weighted by Gasteiger charge is -2.06. The number of carbonyl (C=O) groups excluding carboxylic acids is 1. The van der Waals surface area contributed by atoms with E-state index in [0.29, 0.717) is 12.3 Å². The molecule has 118 valence electrons. The van der Waals surface area contributed by atoms with Crippen molar-refractivity contribution in [2.24, 2.45) is 0 Å². The first kappa shape index (κ1) is 16.6. The average Bonchev–Trinajstić information content (AvgIpc) is 2.96. The molecule has 2 N–H and O–H groups in total. The number of rotatable bonds is 8. The van der Waals surface area contributed by atoms with Crippen LogP contribution in [0.15, 0.2) is 30.6 Å². The van der Waals surface area contributed by atoms with E-state index in [1.807, 2.05) is 6.20 Å². The van der Waals surface area contributed by atoms with Crippen LogP contribution in [0.25, 0.3) is 0 Å². The van der Waals surface area contributed by atoms with Crippen LogP contribution in [0.1, 0.15) is 28.9 Å². The van der Waals surface area contributed by atoms with E-state index in [2.05, 4.69) is 47.3 Å². The second kappa shape index (κ2) is 8.63. The number of H-pyrrole nitrogens is 1. The highest BCUT2D eigenvalue weighted by molar-refractivity contribution is 7.99. The fourth-order valence-electron chi connectivity index (χ4n) is 2.38. The predicted octanol–water partition coefficient (Wildman–Crippen LogP) is 3.01. The predicted molar refractivity (Wildman–Crippen MR) is 92.0 cm³/mol. The van der Waals surface area contributed by atoms with Gasteiger partial charge in [-0.15, -0.1) is 11.8 Å². The van der Waals surface area contributed by atoms with Gasteiger partial charge >= 0.3 is 0 Å². The molecule has 1 aromatic heterocycles. The van der Waals surface area contributed by atoms with Gasteiger partial charge in [0, 0.05) is 31.1 Å².